The molecule has 0 bridgehead atoms. The Kier molecular flexibility index (Phi) is 5.69. The Morgan fingerprint density at radius 3 is 1.96 bits per heavy atom. The molecular weight excluding hydrogens is 348 g/mol. The summed E-state index contributed by atoms with van der Waals surface area (Å²) >= 11 is 8.13. The number of hydrogen-bond acceptors (Lipinski definition) is 2. The zero-order chi connectivity index (χ0) is 17.6. The summed E-state index contributed by atoms with van der Waals surface area (Å²) in [6, 6.07) is 24.9. The first-order valence-electron chi connectivity index (χ1n) is 8.02. The van der Waals surface area contributed by atoms with Crippen LogP contribution in [0.5, 0.6) is 0 Å². The topological polar surface area (TPSA) is 6.25 Å². The number of benzene rings is 2. The molecule has 0 amide bonds. The first-order chi connectivity index (χ1) is 12.1. The smallest absolute Gasteiger partial charge is 0.164 e. The van der Waals surface area contributed by atoms with Crippen molar-refractivity contribution < 1.29 is 4.58 Å². The predicted molar refractivity (Wildman–Crippen MR) is 111 cm³/mol. The van der Waals surface area contributed by atoms with Crippen molar-refractivity contribution in [2.24, 2.45) is 0 Å². The van der Waals surface area contributed by atoms with Crippen LogP contribution < -0.4 is 4.90 Å². The summed E-state index contributed by atoms with van der Waals surface area (Å²) in [6.07, 6.45) is 3.88. The summed E-state index contributed by atoms with van der Waals surface area (Å²) in [4.78, 5) is 3.29. The van der Waals surface area contributed by atoms with Crippen molar-refractivity contribution in [3.63, 3.8) is 0 Å². The van der Waals surface area contributed by atoms with Crippen LogP contribution in [-0.2, 0) is 0 Å². The van der Waals surface area contributed by atoms with Crippen molar-refractivity contribution in [1.29, 1.82) is 0 Å². The number of rotatable bonds is 5. The molecule has 0 aliphatic heterocycles. The minimum absolute atomic E-state index is 0.742. The zero-order valence-electron chi connectivity index (χ0n) is 14.3. The minimum atomic E-state index is 0.742. The second-order valence-electron chi connectivity index (χ2n) is 5.77. The largest absolute Gasteiger partial charge is 0.302 e. The third kappa shape index (κ3) is 4.38. The molecule has 0 spiro atoms. The van der Waals surface area contributed by atoms with Gasteiger partial charge in [-0.1, -0.05) is 48.0 Å². The van der Waals surface area contributed by atoms with Gasteiger partial charge in [0.1, 0.15) is 19.1 Å². The van der Waals surface area contributed by atoms with Crippen LogP contribution in [0.4, 0.5) is 16.4 Å². The van der Waals surface area contributed by atoms with Crippen molar-refractivity contribution in [3.05, 3.63) is 83.7 Å². The monoisotopic (exact) mass is 367 g/mol. The van der Waals surface area contributed by atoms with Crippen molar-refractivity contribution in [2.75, 3.05) is 19.0 Å². The van der Waals surface area contributed by atoms with E-state index < -0.39 is 0 Å². The van der Waals surface area contributed by atoms with Crippen LogP contribution in [0.15, 0.2) is 78.9 Å². The lowest BCUT2D eigenvalue weighted by Crippen LogP contribution is -2.07. The molecule has 0 unspecified atom stereocenters. The highest BCUT2D eigenvalue weighted by atomic mass is 35.5. The zero-order valence-corrected chi connectivity index (χ0v) is 15.8. The summed E-state index contributed by atoms with van der Waals surface area (Å²) < 4.78 is 1.97. The number of para-hydroxylation sites is 2. The molecule has 0 aliphatic rings. The molecule has 3 aromatic rings. The fourth-order valence-corrected chi connectivity index (χ4v) is 3.63. The van der Waals surface area contributed by atoms with E-state index in [1.807, 2.05) is 43.1 Å². The Labute approximate surface area is 157 Å². The molecule has 0 saturated carbocycles. The van der Waals surface area contributed by atoms with Gasteiger partial charge in [-0.2, -0.15) is 0 Å². The summed E-state index contributed by atoms with van der Waals surface area (Å²) in [5.41, 5.74) is 2.25. The number of thiophene rings is 1. The van der Waals surface area contributed by atoms with Gasteiger partial charge in [-0.05, 0) is 36.4 Å². The van der Waals surface area contributed by atoms with Crippen LogP contribution in [0.25, 0.3) is 5.03 Å². The summed E-state index contributed by atoms with van der Waals surface area (Å²) in [6.45, 7) is 0. The second-order valence-corrected chi connectivity index (χ2v) is 7.24. The normalized spacial score (nSPS) is 11.2. The fraction of sp³-hybridized carbons (Fsp3) is 0.0952. The fourth-order valence-electron chi connectivity index (χ4n) is 2.43. The molecule has 0 radical (unpaired) electrons. The van der Waals surface area contributed by atoms with E-state index in [-0.39, 0.29) is 0 Å². The maximum absolute atomic E-state index is 6.46. The average molecular weight is 368 g/mol. The molecule has 0 fully saturated rings. The highest BCUT2D eigenvalue weighted by Gasteiger charge is 2.14. The molecule has 2 nitrogen and oxygen atoms in total. The Bertz CT molecular complexity index is 839. The van der Waals surface area contributed by atoms with Gasteiger partial charge in [-0.3, -0.25) is 0 Å². The van der Waals surface area contributed by atoms with E-state index in [1.54, 1.807) is 11.3 Å². The van der Waals surface area contributed by atoms with E-state index in [2.05, 4.69) is 65.6 Å². The molecule has 1 aromatic heterocycles. The maximum atomic E-state index is 6.46. The molecule has 4 heteroatoms. The predicted octanol–water partition coefficient (Wildman–Crippen LogP) is 6.14. The quantitative estimate of drug-likeness (QED) is 0.387. The van der Waals surface area contributed by atoms with Gasteiger partial charge < -0.3 is 4.90 Å². The summed E-state index contributed by atoms with van der Waals surface area (Å²) in [5, 5.41) is 1.87. The van der Waals surface area contributed by atoms with Gasteiger partial charge in [0.25, 0.3) is 0 Å². The highest BCUT2D eigenvalue weighted by Crippen LogP contribution is 2.40. The number of allylic oxidation sites excluding steroid dienone is 1. The van der Waals surface area contributed by atoms with Gasteiger partial charge >= 0.3 is 0 Å². The van der Waals surface area contributed by atoms with Gasteiger partial charge in [0, 0.05) is 22.3 Å². The lowest BCUT2D eigenvalue weighted by Gasteiger charge is -2.23. The van der Waals surface area contributed by atoms with Crippen molar-refractivity contribution in [3.8, 4) is 0 Å². The van der Waals surface area contributed by atoms with E-state index in [4.69, 9.17) is 11.6 Å². The molecule has 126 valence electrons. The van der Waals surface area contributed by atoms with E-state index >= 15 is 0 Å². The van der Waals surface area contributed by atoms with Crippen molar-refractivity contribution >= 4 is 50.6 Å². The number of nitrogens with zero attached hydrogens (tertiary/aromatic N) is 2. The molecule has 0 aliphatic carbocycles. The molecular formula is C21H20ClN2S+. The van der Waals surface area contributed by atoms with Crippen LogP contribution in [0, 0.1) is 0 Å². The summed E-state index contributed by atoms with van der Waals surface area (Å²) in [5.74, 6) is 0. The van der Waals surface area contributed by atoms with Crippen molar-refractivity contribution in [1.82, 2.24) is 0 Å². The third-order valence-corrected chi connectivity index (χ3v) is 5.14. The van der Waals surface area contributed by atoms with Crippen LogP contribution in [-0.4, -0.2) is 24.9 Å². The Morgan fingerprint density at radius 2 is 1.44 bits per heavy atom. The maximum Gasteiger partial charge on any atom is 0.164 e. The van der Waals surface area contributed by atoms with E-state index in [9.17, 15) is 0 Å². The van der Waals surface area contributed by atoms with Gasteiger partial charge in [0.15, 0.2) is 6.21 Å². The van der Waals surface area contributed by atoms with Gasteiger partial charge in [-0.15, -0.1) is 11.3 Å². The van der Waals surface area contributed by atoms with E-state index in [0.717, 1.165) is 26.3 Å². The first-order valence-corrected chi connectivity index (χ1v) is 9.22. The molecule has 2 aromatic carbocycles. The second kappa shape index (κ2) is 8.15. The summed E-state index contributed by atoms with van der Waals surface area (Å²) in [7, 11) is 3.96. The van der Waals surface area contributed by atoms with E-state index in [0.29, 0.717) is 0 Å². The van der Waals surface area contributed by atoms with Gasteiger partial charge in [-0.25, -0.2) is 4.58 Å². The third-order valence-electron chi connectivity index (χ3n) is 3.60. The number of hydrogen-bond donors (Lipinski definition) is 0. The molecule has 1 heterocycles. The Hall–Kier alpha value is -2.36. The Morgan fingerprint density at radius 1 is 0.880 bits per heavy atom. The van der Waals surface area contributed by atoms with Crippen molar-refractivity contribution in [2.45, 2.75) is 0 Å². The van der Waals surface area contributed by atoms with Gasteiger partial charge in [0.2, 0.25) is 0 Å². The Balaban J connectivity index is 2.01. The van der Waals surface area contributed by atoms with Crippen LogP contribution in [0.1, 0.15) is 4.88 Å². The lowest BCUT2D eigenvalue weighted by molar-refractivity contribution is -0.458. The SMILES string of the molecule is C[N+](C)=C/C=C(\Cl)c1ccc(N(c2ccccc2)c2ccccc2)s1. The number of halogens is 1. The molecule has 25 heavy (non-hydrogen) atoms. The molecule has 0 saturated heterocycles. The lowest BCUT2D eigenvalue weighted by atomic mass is 10.2. The highest BCUT2D eigenvalue weighted by molar-refractivity contribution is 7.18. The number of anilines is 3. The van der Waals surface area contributed by atoms with Gasteiger partial charge in [0.05, 0.1) is 5.03 Å². The van der Waals surface area contributed by atoms with Crippen LogP contribution in [0.3, 0.4) is 0 Å². The average Bonchev–Trinajstić information content (AvgIpc) is 3.11. The van der Waals surface area contributed by atoms with Crippen LogP contribution in [0.2, 0.25) is 0 Å². The minimum Gasteiger partial charge on any atom is -0.302 e. The molecule has 0 atom stereocenters. The first kappa shape index (κ1) is 17.5. The molecule has 3 rings (SSSR count). The van der Waals surface area contributed by atoms with Crippen LogP contribution >= 0.6 is 22.9 Å². The standard InChI is InChI=1S/C21H20ClN2S/c1-23(2)16-15-19(22)20-13-14-21(25-20)24(17-9-5-3-6-10-17)18-11-7-4-8-12-18/h3-16H,1-2H3/q+1. The molecule has 0 N–H and O–H groups in total. The van der Waals surface area contributed by atoms with E-state index in [1.165, 1.54) is 0 Å².